The zero-order valence-electron chi connectivity index (χ0n) is 30.5. The van der Waals surface area contributed by atoms with Gasteiger partial charge in [-0.3, -0.25) is 0 Å². The van der Waals surface area contributed by atoms with E-state index in [-0.39, 0.29) is 0 Å². The van der Waals surface area contributed by atoms with Crippen molar-refractivity contribution in [3.05, 3.63) is 218 Å². The fraction of sp³-hybridized carbons (Fsp3) is 0. The van der Waals surface area contributed by atoms with Gasteiger partial charge in [-0.15, -0.1) is 10.0 Å². The van der Waals surface area contributed by atoms with Gasteiger partial charge in [0, 0.05) is 41.7 Å². The smallest absolute Gasteiger partial charge is 0.180 e. The number of hydrogen-bond donors (Lipinski definition) is 0. The molecule has 0 radical (unpaired) electrons. The van der Waals surface area contributed by atoms with Crippen LogP contribution in [0.15, 0.2) is 238 Å². The van der Waals surface area contributed by atoms with Crippen molar-refractivity contribution >= 4 is 26.4 Å². The third-order valence-electron chi connectivity index (χ3n) is 10.4. The molecule has 0 aliphatic rings. The quantitative estimate of drug-likeness (QED) is 0.156. The summed E-state index contributed by atoms with van der Waals surface area (Å²) in [5.41, 5.74) is 7.32. The lowest BCUT2D eigenvalue weighted by molar-refractivity contribution is 1.05. The summed E-state index contributed by atoms with van der Waals surface area (Å²) in [6.45, 7) is 0. The minimum atomic E-state index is -1.92. The number of nitrogens with zero attached hydrogens (tertiary/aromatic N) is 4. The predicted octanol–water partition coefficient (Wildman–Crippen LogP) is 13.3. The molecule has 0 saturated carbocycles. The molecule has 0 N–H and O–H groups in total. The van der Waals surface area contributed by atoms with Gasteiger partial charge >= 0.3 is 0 Å². The van der Waals surface area contributed by atoms with Gasteiger partial charge in [-0.1, -0.05) is 152 Å². The summed E-state index contributed by atoms with van der Waals surface area (Å²) >= 11 is 0. The molecule has 7 aromatic carbocycles. The third-order valence-corrected chi connectivity index (χ3v) is 14.3. The van der Waals surface area contributed by atoms with Gasteiger partial charge in [0.2, 0.25) is 0 Å². The average Bonchev–Trinajstić information content (AvgIpc) is 3.63. The fourth-order valence-corrected chi connectivity index (χ4v) is 11.8. The summed E-state index contributed by atoms with van der Waals surface area (Å²) in [7, 11) is -1.92. The van der Waals surface area contributed by atoms with Crippen molar-refractivity contribution in [1.82, 2.24) is 19.4 Å². The predicted molar refractivity (Wildman–Crippen MR) is 230 cm³/mol. The Bertz CT molecular complexity index is 2850. The van der Waals surface area contributed by atoms with Gasteiger partial charge in [0.05, 0.1) is 16.7 Å². The van der Waals surface area contributed by atoms with E-state index in [0.717, 1.165) is 27.9 Å². The van der Waals surface area contributed by atoms with Crippen LogP contribution >= 0.6 is 10.0 Å². The molecule has 10 aromatic rings. The van der Waals surface area contributed by atoms with Crippen LogP contribution in [0.3, 0.4) is 0 Å². The first-order valence-electron chi connectivity index (χ1n) is 18.8. The van der Waals surface area contributed by atoms with Crippen LogP contribution in [0.4, 0.5) is 0 Å². The van der Waals surface area contributed by atoms with Crippen LogP contribution < -0.4 is 0 Å². The minimum Gasteiger partial charge on any atom is -0.306 e. The summed E-state index contributed by atoms with van der Waals surface area (Å²) in [5.74, 6) is 1.86. The number of benzene rings is 7. The van der Waals surface area contributed by atoms with Gasteiger partial charge in [0.15, 0.2) is 17.5 Å². The molecule has 0 bridgehead atoms. The molecule has 0 aliphatic carbocycles. The summed E-state index contributed by atoms with van der Waals surface area (Å²) in [4.78, 5) is 20.8. The van der Waals surface area contributed by atoms with Crippen molar-refractivity contribution in [2.24, 2.45) is 0 Å². The van der Waals surface area contributed by atoms with Crippen LogP contribution in [0, 0.1) is 0 Å². The minimum absolute atomic E-state index is 0.609. The zero-order valence-corrected chi connectivity index (χ0v) is 31.3. The molecule has 0 amide bonds. The van der Waals surface area contributed by atoms with Gasteiger partial charge in [-0.25, -0.2) is 15.0 Å². The second-order valence-electron chi connectivity index (χ2n) is 13.6. The Morgan fingerprint density at radius 3 is 1.36 bits per heavy atom. The molecule has 3 heterocycles. The Morgan fingerprint density at radius 1 is 0.321 bits per heavy atom. The lowest BCUT2D eigenvalue weighted by Crippen LogP contribution is -2.06. The topological polar surface area (TPSA) is 43.1 Å². The van der Waals surface area contributed by atoms with Gasteiger partial charge in [-0.2, -0.15) is 0 Å². The summed E-state index contributed by atoms with van der Waals surface area (Å²) in [6.07, 6.45) is 0. The number of pyridine rings is 1. The number of fused-ring (bicyclic) bond motifs is 3. The maximum Gasteiger partial charge on any atom is 0.180 e. The van der Waals surface area contributed by atoms with E-state index in [9.17, 15) is 0 Å². The lowest BCUT2D eigenvalue weighted by atomic mass is 10.0. The molecule has 0 atom stereocenters. The molecular formula is C51H36N4S. The highest BCUT2D eigenvalue weighted by atomic mass is 32.3. The standard InChI is InChI=1S/C51H36N4S/c1-6-20-37(21-7-1)48-44-32-16-17-33-45(44)55-46(48)34-19-35-47(55)51-53-49(38-22-8-2-9-23-38)52-50(54-51)39-24-18-31-43(36-39)56(40-25-10-3-11-26-40,41-27-12-4-13-28-41)42-29-14-5-15-30-42/h1-36H. The summed E-state index contributed by atoms with van der Waals surface area (Å²) < 4.78 is 2.30. The van der Waals surface area contributed by atoms with Crippen LogP contribution in [0.1, 0.15) is 0 Å². The molecule has 0 saturated heterocycles. The normalized spacial score (nSPS) is 11.9. The highest BCUT2D eigenvalue weighted by molar-refractivity contribution is 8.34. The summed E-state index contributed by atoms with van der Waals surface area (Å²) in [6, 6.07) is 77.4. The van der Waals surface area contributed by atoms with E-state index >= 15 is 0 Å². The van der Waals surface area contributed by atoms with Gasteiger partial charge in [0.1, 0.15) is 0 Å². The SMILES string of the molecule is c1ccc(-c2nc(-c3cccc(S(c4ccccc4)(c4ccccc4)c4ccccc4)c3)nc(-c3cccc4c(-c5ccccc5)c5ccccc5n34)n2)cc1. The molecule has 3 aromatic heterocycles. The molecule has 10 rings (SSSR count). The van der Waals surface area contributed by atoms with Crippen LogP contribution in [-0.2, 0) is 0 Å². The largest absolute Gasteiger partial charge is 0.306 e. The molecule has 0 fully saturated rings. The van der Waals surface area contributed by atoms with Crippen LogP contribution in [-0.4, -0.2) is 19.4 Å². The highest BCUT2D eigenvalue weighted by Crippen LogP contribution is 2.73. The molecule has 5 heteroatoms. The molecule has 0 spiro atoms. The number of aromatic nitrogens is 4. The van der Waals surface area contributed by atoms with Gasteiger partial charge < -0.3 is 4.40 Å². The van der Waals surface area contributed by atoms with E-state index in [2.05, 4.69) is 205 Å². The van der Waals surface area contributed by atoms with Crippen LogP contribution in [0.2, 0.25) is 0 Å². The maximum atomic E-state index is 5.35. The Hall–Kier alpha value is -7.08. The second-order valence-corrected chi connectivity index (χ2v) is 16.8. The van der Waals surface area contributed by atoms with E-state index in [4.69, 9.17) is 15.0 Å². The van der Waals surface area contributed by atoms with Crippen molar-refractivity contribution in [1.29, 1.82) is 0 Å². The molecular weight excluding hydrogens is 701 g/mol. The summed E-state index contributed by atoms with van der Waals surface area (Å²) in [5, 5.41) is 1.18. The van der Waals surface area contributed by atoms with Crippen LogP contribution in [0.5, 0.6) is 0 Å². The zero-order chi connectivity index (χ0) is 37.3. The number of para-hydroxylation sites is 1. The van der Waals surface area contributed by atoms with Gasteiger partial charge in [-0.05, 0) is 72.3 Å². The molecule has 0 unspecified atom stereocenters. The molecule has 266 valence electrons. The first-order valence-corrected chi connectivity index (χ1v) is 20.4. The van der Waals surface area contributed by atoms with E-state index in [1.54, 1.807) is 0 Å². The molecule has 0 aliphatic heterocycles. The first-order chi connectivity index (χ1) is 27.8. The third kappa shape index (κ3) is 5.69. The first kappa shape index (κ1) is 33.5. The average molecular weight is 737 g/mol. The van der Waals surface area contributed by atoms with Crippen molar-refractivity contribution in [3.63, 3.8) is 0 Å². The monoisotopic (exact) mass is 736 g/mol. The van der Waals surface area contributed by atoms with Crippen molar-refractivity contribution in [2.75, 3.05) is 0 Å². The van der Waals surface area contributed by atoms with Gasteiger partial charge in [0.25, 0.3) is 0 Å². The van der Waals surface area contributed by atoms with Crippen molar-refractivity contribution < 1.29 is 0 Å². The molecule has 56 heavy (non-hydrogen) atoms. The Morgan fingerprint density at radius 2 is 0.750 bits per heavy atom. The number of rotatable bonds is 8. The lowest BCUT2D eigenvalue weighted by Gasteiger charge is -2.42. The van der Waals surface area contributed by atoms with E-state index in [1.807, 2.05) is 18.2 Å². The Balaban J connectivity index is 1.23. The Labute approximate surface area is 327 Å². The second kappa shape index (κ2) is 14.3. The van der Waals surface area contributed by atoms with Crippen molar-refractivity contribution in [3.8, 4) is 45.4 Å². The van der Waals surface area contributed by atoms with Crippen molar-refractivity contribution in [2.45, 2.75) is 19.6 Å². The fourth-order valence-electron chi connectivity index (χ4n) is 7.92. The van der Waals surface area contributed by atoms with E-state index in [0.29, 0.717) is 17.5 Å². The van der Waals surface area contributed by atoms with E-state index < -0.39 is 10.0 Å². The molecule has 4 nitrogen and oxygen atoms in total. The maximum absolute atomic E-state index is 5.35. The van der Waals surface area contributed by atoms with Crippen LogP contribution in [0.25, 0.3) is 61.8 Å². The van der Waals surface area contributed by atoms with E-state index in [1.165, 1.54) is 36.1 Å². The highest BCUT2D eigenvalue weighted by Gasteiger charge is 2.33. The Kier molecular flexibility index (Phi) is 8.55. The number of hydrogen-bond acceptors (Lipinski definition) is 3.